The Labute approximate surface area is 191 Å². The van der Waals surface area contributed by atoms with Gasteiger partial charge in [0.1, 0.15) is 10.9 Å². The summed E-state index contributed by atoms with van der Waals surface area (Å²) < 4.78 is 7.88. The molecule has 1 N–H and O–H groups in total. The molecular formula is C22H21BrN2O5S. The van der Waals surface area contributed by atoms with Crippen molar-refractivity contribution in [2.24, 2.45) is 0 Å². The molecule has 1 aliphatic heterocycles. The van der Waals surface area contributed by atoms with Crippen molar-refractivity contribution in [1.29, 1.82) is 0 Å². The Bertz CT molecular complexity index is 1170. The minimum atomic E-state index is -1.38. The lowest BCUT2D eigenvalue weighted by molar-refractivity contribution is -0.536. The molecule has 1 aromatic heterocycles. The third-order valence-corrected chi connectivity index (χ3v) is 7.01. The second-order valence-corrected chi connectivity index (χ2v) is 10.4. The predicted octanol–water partition coefficient (Wildman–Crippen LogP) is 5.71. The van der Waals surface area contributed by atoms with E-state index >= 15 is 0 Å². The molecule has 2 aromatic carbocycles. The number of aliphatic hydroxyl groups excluding tert-OH is 1. The molecule has 0 spiro atoms. The number of benzene rings is 2. The molecular weight excluding hydrogens is 484 g/mol. The van der Waals surface area contributed by atoms with Gasteiger partial charge in [-0.25, -0.2) is 9.36 Å². The van der Waals surface area contributed by atoms with Gasteiger partial charge in [-0.05, 0) is 44.5 Å². The fraction of sp³-hybridized carbons (Fsp3) is 0.318. The number of nitrogens with zero attached hydrogens (tertiary/aromatic N) is 2. The fourth-order valence-electron chi connectivity index (χ4n) is 3.80. The smallest absolute Gasteiger partial charge is 0.419 e. The van der Waals surface area contributed by atoms with Gasteiger partial charge in [0.15, 0.2) is 6.10 Å². The molecule has 0 radical (unpaired) electrons. The Morgan fingerprint density at radius 1 is 1.19 bits per heavy atom. The maximum absolute atomic E-state index is 13.1. The summed E-state index contributed by atoms with van der Waals surface area (Å²) in [5.41, 5.74) is 0.913. The van der Waals surface area contributed by atoms with Crippen molar-refractivity contribution in [3.05, 3.63) is 74.2 Å². The normalized spacial score (nSPS) is 21.0. The number of para-hydroxylation sites is 1. The molecule has 31 heavy (non-hydrogen) atoms. The quantitative estimate of drug-likeness (QED) is 0.354. The minimum absolute atomic E-state index is 0.390. The zero-order valence-corrected chi connectivity index (χ0v) is 19.5. The highest BCUT2D eigenvalue weighted by Crippen LogP contribution is 2.53. The van der Waals surface area contributed by atoms with E-state index in [9.17, 15) is 20.0 Å². The molecule has 3 aromatic rings. The number of halogens is 1. The van der Waals surface area contributed by atoms with Crippen molar-refractivity contribution >= 4 is 44.7 Å². The van der Waals surface area contributed by atoms with Crippen LogP contribution in [-0.4, -0.2) is 32.3 Å². The van der Waals surface area contributed by atoms with Gasteiger partial charge in [-0.3, -0.25) is 10.1 Å². The van der Waals surface area contributed by atoms with E-state index < -0.39 is 34.0 Å². The third kappa shape index (κ3) is 3.97. The summed E-state index contributed by atoms with van der Waals surface area (Å²) in [7, 11) is 0. The van der Waals surface area contributed by atoms with Crippen molar-refractivity contribution < 1.29 is 19.6 Å². The summed E-state index contributed by atoms with van der Waals surface area (Å²) in [6.07, 6.45) is -1.97. The standard InChI is InChI=1S/C22H21BrN2O5S/c1-22(2,3)30-21(27)24-15-7-5-4-6-14(15)16-18(26)17(25(28)29)19(31-20(16)24)12-8-10-13(23)11-9-12/h4-11,17-19,26H,1-3H3/t17-,18+,19+/m0/s1. The topological polar surface area (TPSA) is 94.6 Å². The zero-order valence-electron chi connectivity index (χ0n) is 17.1. The first-order valence-electron chi connectivity index (χ1n) is 9.69. The van der Waals surface area contributed by atoms with Crippen molar-refractivity contribution in [3.8, 4) is 0 Å². The average Bonchev–Trinajstić information content (AvgIpc) is 3.01. The SMILES string of the molecule is CC(C)(C)OC(=O)n1c2c(c3ccccc31)[C@@H](O)[C@H]([N+](=O)[O-])[C@@H](c1ccc(Br)cc1)S2. The van der Waals surface area contributed by atoms with Gasteiger partial charge in [0, 0.05) is 20.3 Å². The second-order valence-electron chi connectivity index (χ2n) is 8.36. The second kappa shape index (κ2) is 7.96. The number of ether oxygens (including phenoxy) is 1. The highest BCUT2D eigenvalue weighted by Gasteiger charge is 2.49. The van der Waals surface area contributed by atoms with Gasteiger partial charge in [-0.1, -0.05) is 58.0 Å². The first kappa shape index (κ1) is 21.9. The van der Waals surface area contributed by atoms with E-state index in [1.54, 1.807) is 69.3 Å². The van der Waals surface area contributed by atoms with Gasteiger partial charge in [0.25, 0.3) is 6.04 Å². The summed E-state index contributed by atoms with van der Waals surface area (Å²) in [4.78, 5) is 24.7. The summed E-state index contributed by atoms with van der Waals surface area (Å²) in [5.74, 6) is 0. The van der Waals surface area contributed by atoms with Gasteiger partial charge in [0.05, 0.1) is 10.5 Å². The van der Waals surface area contributed by atoms with Crippen LogP contribution in [0.15, 0.2) is 58.0 Å². The number of aromatic nitrogens is 1. The van der Waals surface area contributed by atoms with E-state index in [1.807, 2.05) is 0 Å². The van der Waals surface area contributed by atoms with Crippen LogP contribution in [0.25, 0.3) is 10.9 Å². The van der Waals surface area contributed by atoms with Crippen molar-refractivity contribution in [2.45, 2.75) is 48.8 Å². The molecule has 0 aliphatic carbocycles. The third-order valence-electron chi connectivity index (χ3n) is 5.05. The maximum Gasteiger partial charge on any atom is 0.419 e. The fourth-order valence-corrected chi connectivity index (χ4v) is 5.62. The number of nitro groups is 1. The molecule has 1 aliphatic rings. The molecule has 0 saturated carbocycles. The first-order valence-corrected chi connectivity index (χ1v) is 11.4. The summed E-state index contributed by atoms with van der Waals surface area (Å²) in [6.45, 7) is 5.33. The highest BCUT2D eigenvalue weighted by molar-refractivity contribution is 9.10. The molecule has 9 heteroatoms. The highest BCUT2D eigenvalue weighted by atomic mass is 79.9. The minimum Gasteiger partial charge on any atom is -0.443 e. The molecule has 0 saturated heterocycles. The number of thioether (sulfide) groups is 1. The summed E-state index contributed by atoms with van der Waals surface area (Å²) >= 11 is 4.59. The van der Waals surface area contributed by atoms with E-state index in [0.29, 0.717) is 27.1 Å². The van der Waals surface area contributed by atoms with E-state index in [1.165, 1.54) is 16.3 Å². The molecule has 0 unspecified atom stereocenters. The van der Waals surface area contributed by atoms with E-state index in [2.05, 4.69) is 15.9 Å². The van der Waals surface area contributed by atoms with Gasteiger partial charge in [-0.15, -0.1) is 0 Å². The van der Waals surface area contributed by atoms with Crippen LogP contribution < -0.4 is 0 Å². The van der Waals surface area contributed by atoms with E-state index in [-0.39, 0.29) is 0 Å². The zero-order chi connectivity index (χ0) is 22.5. The lowest BCUT2D eigenvalue weighted by Gasteiger charge is -2.30. The average molecular weight is 505 g/mol. The van der Waals surface area contributed by atoms with Gasteiger partial charge in [-0.2, -0.15) is 0 Å². The Kier molecular flexibility index (Phi) is 5.61. The van der Waals surface area contributed by atoms with Crippen LogP contribution in [-0.2, 0) is 4.74 Å². The summed E-state index contributed by atoms with van der Waals surface area (Å²) in [6, 6.07) is 13.0. The molecule has 0 fully saturated rings. The molecule has 2 heterocycles. The van der Waals surface area contributed by atoms with Crippen LogP contribution in [0.1, 0.15) is 43.3 Å². The van der Waals surface area contributed by atoms with Gasteiger partial charge < -0.3 is 9.84 Å². The van der Waals surface area contributed by atoms with Crippen molar-refractivity contribution in [1.82, 2.24) is 4.57 Å². The Hall–Kier alpha value is -2.36. The maximum atomic E-state index is 13.1. The van der Waals surface area contributed by atoms with E-state index in [0.717, 1.165) is 4.47 Å². The predicted molar refractivity (Wildman–Crippen MR) is 122 cm³/mol. The van der Waals surface area contributed by atoms with Gasteiger partial charge >= 0.3 is 6.09 Å². The Morgan fingerprint density at radius 2 is 1.84 bits per heavy atom. The van der Waals surface area contributed by atoms with Crippen LogP contribution >= 0.6 is 27.7 Å². The van der Waals surface area contributed by atoms with Crippen LogP contribution in [0.5, 0.6) is 0 Å². The monoisotopic (exact) mass is 504 g/mol. The number of aliphatic hydroxyl groups is 1. The molecule has 7 nitrogen and oxygen atoms in total. The van der Waals surface area contributed by atoms with Crippen LogP contribution in [0.3, 0.4) is 0 Å². The molecule has 0 bridgehead atoms. The lowest BCUT2D eigenvalue weighted by atomic mass is 9.95. The molecule has 3 atom stereocenters. The Balaban J connectivity index is 1.93. The first-order chi connectivity index (χ1) is 14.6. The molecule has 4 rings (SSSR count). The summed E-state index contributed by atoms with van der Waals surface area (Å²) in [5, 5.41) is 23.6. The van der Waals surface area contributed by atoms with E-state index in [4.69, 9.17) is 4.74 Å². The van der Waals surface area contributed by atoms with Crippen molar-refractivity contribution in [2.75, 3.05) is 0 Å². The number of carbonyl (C=O) groups excluding carboxylic acids is 1. The van der Waals surface area contributed by atoms with Crippen LogP contribution in [0, 0.1) is 10.1 Å². The van der Waals surface area contributed by atoms with Gasteiger partial charge in [0.2, 0.25) is 0 Å². The number of hydrogen-bond acceptors (Lipinski definition) is 6. The van der Waals surface area contributed by atoms with Crippen LogP contribution in [0.2, 0.25) is 0 Å². The van der Waals surface area contributed by atoms with Crippen LogP contribution in [0.4, 0.5) is 4.79 Å². The number of carbonyl (C=O) groups is 1. The number of fused-ring (bicyclic) bond motifs is 3. The molecule has 0 amide bonds. The molecule has 162 valence electrons. The van der Waals surface area contributed by atoms with Crippen molar-refractivity contribution in [3.63, 3.8) is 0 Å². The number of hydrogen-bond donors (Lipinski definition) is 1. The lowest BCUT2D eigenvalue weighted by Crippen LogP contribution is -2.36. The Morgan fingerprint density at radius 3 is 2.45 bits per heavy atom. The number of rotatable bonds is 2. The largest absolute Gasteiger partial charge is 0.443 e.